The third-order valence-corrected chi connectivity index (χ3v) is 4.14. The lowest BCUT2D eigenvalue weighted by Gasteiger charge is -2.13. The Labute approximate surface area is 135 Å². The average molecular weight is 348 g/mol. The molecular formula is C18H22BrNO. The molecule has 0 saturated heterocycles. The molecule has 3 heteroatoms. The molecule has 0 aliphatic carbocycles. The van der Waals surface area contributed by atoms with E-state index in [9.17, 15) is 0 Å². The molecule has 1 unspecified atom stereocenters. The Morgan fingerprint density at radius 1 is 1.10 bits per heavy atom. The Bertz CT molecular complexity index is 553. The maximum absolute atomic E-state index is 5.83. The van der Waals surface area contributed by atoms with Crippen LogP contribution in [0, 0.1) is 0 Å². The largest absolute Gasteiger partial charge is 0.489 e. The fourth-order valence-corrected chi connectivity index (χ4v) is 2.67. The SMILES string of the molecule is CCNC(C)Cc1ccc(OCc2ccccc2Br)cc1. The second-order valence-electron chi connectivity index (χ2n) is 5.19. The number of rotatable bonds is 7. The third kappa shape index (κ3) is 5.18. The summed E-state index contributed by atoms with van der Waals surface area (Å²) in [6.07, 6.45) is 1.04. The minimum Gasteiger partial charge on any atom is -0.489 e. The van der Waals surface area contributed by atoms with E-state index in [0.717, 1.165) is 28.8 Å². The predicted molar refractivity (Wildman–Crippen MR) is 91.8 cm³/mol. The summed E-state index contributed by atoms with van der Waals surface area (Å²) >= 11 is 3.54. The van der Waals surface area contributed by atoms with Crippen LogP contribution in [0.2, 0.25) is 0 Å². The van der Waals surface area contributed by atoms with Crippen LogP contribution in [0.4, 0.5) is 0 Å². The number of benzene rings is 2. The van der Waals surface area contributed by atoms with Crippen LogP contribution >= 0.6 is 15.9 Å². The Hall–Kier alpha value is -1.32. The number of hydrogen-bond donors (Lipinski definition) is 1. The van der Waals surface area contributed by atoms with E-state index in [1.54, 1.807) is 0 Å². The van der Waals surface area contributed by atoms with E-state index < -0.39 is 0 Å². The summed E-state index contributed by atoms with van der Waals surface area (Å²) in [6.45, 7) is 5.93. The monoisotopic (exact) mass is 347 g/mol. The second-order valence-corrected chi connectivity index (χ2v) is 6.04. The third-order valence-electron chi connectivity index (χ3n) is 3.37. The first-order valence-electron chi connectivity index (χ1n) is 7.37. The molecule has 2 nitrogen and oxygen atoms in total. The molecule has 0 bridgehead atoms. The van der Waals surface area contributed by atoms with Crippen molar-refractivity contribution >= 4 is 15.9 Å². The Balaban J connectivity index is 1.89. The Kier molecular flexibility index (Phi) is 6.27. The van der Waals surface area contributed by atoms with Gasteiger partial charge in [-0.25, -0.2) is 0 Å². The van der Waals surface area contributed by atoms with Crippen molar-refractivity contribution in [2.75, 3.05) is 6.54 Å². The fourth-order valence-electron chi connectivity index (χ4n) is 2.27. The van der Waals surface area contributed by atoms with Crippen molar-refractivity contribution in [2.24, 2.45) is 0 Å². The van der Waals surface area contributed by atoms with E-state index in [2.05, 4.69) is 53.3 Å². The second kappa shape index (κ2) is 8.20. The summed E-state index contributed by atoms with van der Waals surface area (Å²) in [5.41, 5.74) is 2.49. The van der Waals surface area contributed by atoms with Gasteiger partial charge >= 0.3 is 0 Å². The molecule has 0 amide bonds. The van der Waals surface area contributed by atoms with E-state index in [4.69, 9.17) is 4.74 Å². The molecule has 1 atom stereocenters. The van der Waals surface area contributed by atoms with E-state index in [1.165, 1.54) is 5.56 Å². The van der Waals surface area contributed by atoms with Crippen molar-refractivity contribution in [3.8, 4) is 5.75 Å². The summed E-state index contributed by atoms with van der Waals surface area (Å²) < 4.78 is 6.92. The first-order chi connectivity index (χ1) is 10.2. The smallest absolute Gasteiger partial charge is 0.119 e. The lowest BCUT2D eigenvalue weighted by Crippen LogP contribution is -2.27. The van der Waals surface area contributed by atoms with Crippen molar-refractivity contribution < 1.29 is 4.74 Å². The van der Waals surface area contributed by atoms with Crippen molar-refractivity contribution in [3.05, 3.63) is 64.1 Å². The van der Waals surface area contributed by atoms with Gasteiger partial charge < -0.3 is 10.1 Å². The Morgan fingerprint density at radius 3 is 2.48 bits per heavy atom. The quantitative estimate of drug-likeness (QED) is 0.792. The molecule has 0 aliphatic heterocycles. The van der Waals surface area contributed by atoms with Crippen molar-refractivity contribution in [2.45, 2.75) is 32.9 Å². The van der Waals surface area contributed by atoms with Gasteiger partial charge in [-0.3, -0.25) is 0 Å². The molecule has 0 saturated carbocycles. The van der Waals surface area contributed by atoms with Crippen molar-refractivity contribution in [1.29, 1.82) is 0 Å². The highest BCUT2D eigenvalue weighted by molar-refractivity contribution is 9.10. The van der Waals surface area contributed by atoms with Gasteiger partial charge in [-0.15, -0.1) is 0 Å². The van der Waals surface area contributed by atoms with Gasteiger partial charge in [-0.1, -0.05) is 53.2 Å². The fraction of sp³-hybridized carbons (Fsp3) is 0.333. The maximum atomic E-state index is 5.83. The Morgan fingerprint density at radius 2 is 1.81 bits per heavy atom. The van der Waals surface area contributed by atoms with Gasteiger partial charge in [0.2, 0.25) is 0 Å². The van der Waals surface area contributed by atoms with Gasteiger partial charge in [0.25, 0.3) is 0 Å². The average Bonchev–Trinajstić information content (AvgIpc) is 2.48. The van der Waals surface area contributed by atoms with Crippen LogP contribution in [0.5, 0.6) is 5.75 Å². The molecule has 2 rings (SSSR count). The van der Waals surface area contributed by atoms with Crippen molar-refractivity contribution in [1.82, 2.24) is 5.32 Å². The molecule has 2 aromatic carbocycles. The van der Waals surface area contributed by atoms with Gasteiger partial charge in [0, 0.05) is 16.1 Å². The zero-order chi connectivity index (χ0) is 15.1. The number of likely N-dealkylation sites (N-methyl/N-ethyl adjacent to an activating group) is 1. The maximum Gasteiger partial charge on any atom is 0.119 e. The van der Waals surface area contributed by atoms with Crippen LogP contribution in [-0.4, -0.2) is 12.6 Å². The van der Waals surface area contributed by atoms with Gasteiger partial charge in [-0.05, 0) is 43.7 Å². The first kappa shape index (κ1) is 16.1. The van der Waals surface area contributed by atoms with Gasteiger partial charge in [0.15, 0.2) is 0 Å². The summed E-state index contributed by atoms with van der Waals surface area (Å²) in [5.74, 6) is 0.908. The van der Waals surface area contributed by atoms with Gasteiger partial charge in [0.1, 0.15) is 12.4 Å². The zero-order valence-electron chi connectivity index (χ0n) is 12.6. The highest BCUT2D eigenvalue weighted by atomic mass is 79.9. The van der Waals surface area contributed by atoms with Crippen LogP contribution in [-0.2, 0) is 13.0 Å². The van der Waals surface area contributed by atoms with E-state index >= 15 is 0 Å². The first-order valence-corrected chi connectivity index (χ1v) is 8.17. The van der Waals surface area contributed by atoms with Crippen LogP contribution in [0.15, 0.2) is 53.0 Å². The molecule has 0 aromatic heterocycles. The highest BCUT2D eigenvalue weighted by Crippen LogP contribution is 2.19. The number of nitrogens with one attached hydrogen (secondary N) is 1. The van der Waals surface area contributed by atoms with E-state index in [1.807, 2.05) is 30.3 Å². The van der Waals surface area contributed by atoms with Crippen LogP contribution in [0.25, 0.3) is 0 Å². The molecule has 112 valence electrons. The molecule has 21 heavy (non-hydrogen) atoms. The summed E-state index contributed by atoms with van der Waals surface area (Å²) in [4.78, 5) is 0. The molecule has 0 spiro atoms. The number of ether oxygens (including phenoxy) is 1. The number of halogens is 1. The summed E-state index contributed by atoms with van der Waals surface area (Å²) in [5, 5.41) is 3.42. The zero-order valence-corrected chi connectivity index (χ0v) is 14.2. The van der Waals surface area contributed by atoms with Crippen LogP contribution in [0.1, 0.15) is 25.0 Å². The van der Waals surface area contributed by atoms with E-state index in [0.29, 0.717) is 12.6 Å². The molecular weight excluding hydrogens is 326 g/mol. The van der Waals surface area contributed by atoms with Crippen molar-refractivity contribution in [3.63, 3.8) is 0 Å². The topological polar surface area (TPSA) is 21.3 Å². The molecule has 0 heterocycles. The summed E-state index contributed by atoms with van der Waals surface area (Å²) in [6, 6.07) is 17.0. The van der Waals surface area contributed by atoms with Gasteiger partial charge in [0.05, 0.1) is 0 Å². The minimum absolute atomic E-state index is 0.502. The molecule has 0 radical (unpaired) electrons. The lowest BCUT2D eigenvalue weighted by molar-refractivity contribution is 0.305. The molecule has 2 aromatic rings. The number of hydrogen-bond acceptors (Lipinski definition) is 2. The minimum atomic E-state index is 0.502. The van der Waals surface area contributed by atoms with Gasteiger partial charge in [-0.2, -0.15) is 0 Å². The van der Waals surface area contributed by atoms with Crippen LogP contribution < -0.4 is 10.1 Å². The lowest BCUT2D eigenvalue weighted by atomic mass is 10.1. The molecule has 1 N–H and O–H groups in total. The molecule has 0 fully saturated rings. The normalized spacial score (nSPS) is 12.1. The van der Waals surface area contributed by atoms with Crippen LogP contribution in [0.3, 0.4) is 0 Å². The summed E-state index contributed by atoms with van der Waals surface area (Å²) in [7, 11) is 0. The predicted octanol–water partition coefficient (Wildman–Crippen LogP) is 4.57. The highest BCUT2D eigenvalue weighted by Gasteiger charge is 2.03. The molecule has 0 aliphatic rings. The van der Waals surface area contributed by atoms with E-state index in [-0.39, 0.29) is 0 Å². The standard InChI is InChI=1S/C18H22BrNO/c1-3-20-14(2)12-15-8-10-17(11-9-15)21-13-16-6-4-5-7-18(16)19/h4-11,14,20H,3,12-13H2,1-2H3.